The summed E-state index contributed by atoms with van der Waals surface area (Å²) in [6.45, 7) is 0.505. The van der Waals surface area contributed by atoms with Gasteiger partial charge in [-0.05, 0) is 75.3 Å². The van der Waals surface area contributed by atoms with Gasteiger partial charge < -0.3 is 9.47 Å². The first-order valence-corrected chi connectivity index (χ1v) is 11.2. The van der Waals surface area contributed by atoms with Crippen LogP contribution in [0.4, 0.5) is 0 Å². The van der Waals surface area contributed by atoms with Crippen LogP contribution in [0.5, 0.6) is 5.75 Å². The zero-order valence-corrected chi connectivity index (χ0v) is 19.2. The third-order valence-electron chi connectivity index (χ3n) is 5.15. The second-order valence-electron chi connectivity index (χ2n) is 7.35. The minimum atomic E-state index is -0.452. The minimum Gasteiger partial charge on any atom is -0.489 e. The standard InChI is InChI=1S/C27H18INO3/c28-24-8-4-3-7-22(24)17-31-23-13-9-18(10-14-23)15-25-27(30)32-26(29-25)21-12-11-19-5-1-2-6-20(19)16-21/h1-16H,17H2/b25-15-. The molecule has 0 fully saturated rings. The molecular formula is C27H18INO3. The quantitative estimate of drug-likeness (QED) is 0.171. The van der Waals surface area contributed by atoms with Crippen LogP contribution in [0.1, 0.15) is 16.7 Å². The molecule has 5 heteroatoms. The van der Waals surface area contributed by atoms with E-state index in [-0.39, 0.29) is 5.70 Å². The van der Waals surface area contributed by atoms with E-state index >= 15 is 0 Å². The number of hydrogen-bond donors (Lipinski definition) is 0. The molecule has 0 spiro atoms. The fourth-order valence-electron chi connectivity index (χ4n) is 3.45. The summed E-state index contributed by atoms with van der Waals surface area (Å²) in [6, 6.07) is 29.6. The number of ether oxygens (including phenoxy) is 2. The Kier molecular flexibility index (Phi) is 5.73. The van der Waals surface area contributed by atoms with Gasteiger partial charge in [0, 0.05) is 14.7 Å². The molecule has 0 aliphatic carbocycles. The van der Waals surface area contributed by atoms with E-state index in [1.54, 1.807) is 6.08 Å². The molecule has 0 amide bonds. The van der Waals surface area contributed by atoms with Gasteiger partial charge in [-0.1, -0.05) is 60.7 Å². The van der Waals surface area contributed by atoms with E-state index in [0.29, 0.717) is 12.5 Å². The van der Waals surface area contributed by atoms with Crippen LogP contribution in [-0.2, 0) is 16.1 Å². The predicted octanol–water partition coefficient (Wildman–Crippen LogP) is 6.37. The Bertz CT molecular complexity index is 1370. The zero-order chi connectivity index (χ0) is 21.9. The molecule has 1 aliphatic heterocycles. The molecule has 4 aromatic carbocycles. The number of benzene rings is 4. The maximum Gasteiger partial charge on any atom is 0.363 e. The molecule has 156 valence electrons. The fraction of sp³-hybridized carbons (Fsp3) is 0.0370. The van der Waals surface area contributed by atoms with Gasteiger partial charge in [-0.2, -0.15) is 0 Å². The molecule has 4 nitrogen and oxygen atoms in total. The predicted molar refractivity (Wildman–Crippen MR) is 134 cm³/mol. The van der Waals surface area contributed by atoms with Gasteiger partial charge in [-0.3, -0.25) is 0 Å². The molecule has 0 unspecified atom stereocenters. The number of fused-ring (bicyclic) bond motifs is 1. The summed E-state index contributed by atoms with van der Waals surface area (Å²) < 4.78 is 12.5. The smallest absolute Gasteiger partial charge is 0.363 e. The lowest BCUT2D eigenvalue weighted by molar-refractivity contribution is -0.129. The number of nitrogens with zero attached hydrogens (tertiary/aromatic N) is 1. The number of rotatable bonds is 5. The Morgan fingerprint density at radius 3 is 2.44 bits per heavy atom. The average Bonchev–Trinajstić information content (AvgIpc) is 3.19. The highest BCUT2D eigenvalue weighted by Gasteiger charge is 2.24. The normalized spacial score (nSPS) is 14.5. The van der Waals surface area contributed by atoms with Gasteiger partial charge >= 0.3 is 5.97 Å². The first-order valence-electron chi connectivity index (χ1n) is 10.1. The second kappa shape index (κ2) is 8.96. The van der Waals surface area contributed by atoms with E-state index in [2.05, 4.69) is 39.7 Å². The van der Waals surface area contributed by atoms with Gasteiger partial charge in [-0.15, -0.1) is 0 Å². The highest BCUT2D eigenvalue weighted by molar-refractivity contribution is 14.1. The summed E-state index contributed by atoms with van der Waals surface area (Å²) in [4.78, 5) is 16.8. The first-order chi connectivity index (χ1) is 15.7. The Morgan fingerprint density at radius 1 is 0.875 bits per heavy atom. The number of hydrogen-bond acceptors (Lipinski definition) is 4. The van der Waals surface area contributed by atoms with E-state index in [1.165, 1.54) is 3.57 Å². The third-order valence-corrected chi connectivity index (χ3v) is 6.20. The number of carbonyl (C=O) groups is 1. The Balaban J connectivity index is 1.32. The van der Waals surface area contributed by atoms with Crippen LogP contribution in [0.3, 0.4) is 0 Å². The van der Waals surface area contributed by atoms with Crippen LogP contribution >= 0.6 is 22.6 Å². The zero-order valence-electron chi connectivity index (χ0n) is 17.0. The minimum absolute atomic E-state index is 0.278. The summed E-state index contributed by atoms with van der Waals surface area (Å²) in [5.74, 6) is 0.637. The van der Waals surface area contributed by atoms with Gasteiger partial charge in [0.2, 0.25) is 5.90 Å². The van der Waals surface area contributed by atoms with Crippen LogP contribution in [0.25, 0.3) is 16.8 Å². The molecule has 0 atom stereocenters. The van der Waals surface area contributed by atoms with E-state index in [4.69, 9.17) is 9.47 Å². The summed E-state index contributed by atoms with van der Waals surface area (Å²) >= 11 is 2.30. The summed E-state index contributed by atoms with van der Waals surface area (Å²) in [6.07, 6.45) is 1.72. The van der Waals surface area contributed by atoms with Gasteiger partial charge in [0.05, 0.1) is 0 Å². The van der Waals surface area contributed by atoms with Crippen LogP contribution in [0, 0.1) is 3.57 Å². The number of halogens is 1. The van der Waals surface area contributed by atoms with Gasteiger partial charge in [0.15, 0.2) is 5.70 Å². The highest BCUT2D eigenvalue weighted by atomic mass is 127. The van der Waals surface area contributed by atoms with E-state index in [0.717, 1.165) is 33.2 Å². The van der Waals surface area contributed by atoms with E-state index < -0.39 is 5.97 Å². The molecule has 0 N–H and O–H groups in total. The third kappa shape index (κ3) is 4.43. The molecule has 0 aromatic heterocycles. The van der Waals surface area contributed by atoms with Crippen LogP contribution in [-0.4, -0.2) is 11.9 Å². The van der Waals surface area contributed by atoms with E-state index in [1.807, 2.05) is 78.9 Å². The average molecular weight is 531 g/mol. The Morgan fingerprint density at radius 2 is 1.62 bits per heavy atom. The molecule has 0 saturated carbocycles. The van der Waals surface area contributed by atoms with Crippen LogP contribution in [0.2, 0.25) is 0 Å². The van der Waals surface area contributed by atoms with Crippen molar-refractivity contribution in [3.05, 3.63) is 117 Å². The number of cyclic esters (lactones) is 1. The van der Waals surface area contributed by atoms with Crippen molar-refractivity contribution in [2.75, 3.05) is 0 Å². The molecule has 5 rings (SSSR count). The number of aliphatic imine (C=N–C) groups is 1. The van der Waals surface area contributed by atoms with E-state index in [9.17, 15) is 4.79 Å². The summed E-state index contributed by atoms with van der Waals surface area (Å²) in [5.41, 5.74) is 3.05. The van der Waals surface area contributed by atoms with Crippen LogP contribution < -0.4 is 4.74 Å². The summed E-state index contributed by atoms with van der Waals surface area (Å²) in [5, 5.41) is 2.20. The Hall–Kier alpha value is -3.45. The molecule has 0 bridgehead atoms. The van der Waals surface area contributed by atoms with Gasteiger partial charge in [0.1, 0.15) is 12.4 Å². The lowest BCUT2D eigenvalue weighted by Crippen LogP contribution is -2.05. The largest absolute Gasteiger partial charge is 0.489 e. The molecule has 4 aromatic rings. The highest BCUT2D eigenvalue weighted by Crippen LogP contribution is 2.23. The SMILES string of the molecule is O=C1OC(c2ccc3ccccc3c2)=N/C1=C\c1ccc(OCc2ccccc2I)cc1. The number of esters is 1. The van der Waals surface area contributed by atoms with Crippen molar-refractivity contribution >= 4 is 51.3 Å². The molecule has 0 saturated heterocycles. The molecule has 32 heavy (non-hydrogen) atoms. The van der Waals surface area contributed by atoms with Crippen LogP contribution in [0.15, 0.2) is 102 Å². The monoisotopic (exact) mass is 531 g/mol. The topological polar surface area (TPSA) is 47.9 Å². The molecular weight excluding hydrogens is 513 g/mol. The molecule has 1 heterocycles. The lowest BCUT2D eigenvalue weighted by atomic mass is 10.1. The maximum atomic E-state index is 12.4. The number of carbonyl (C=O) groups excluding carboxylic acids is 1. The maximum absolute atomic E-state index is 12.4. The van der Waals surface area contributed by atoms with Gasteiger partial charge in [-0.25, -0.2) is 9.79 Å². The van der Waals surface area contributed by atoms with Crippen molar-refractivity contribution in [1.29, 1.82) is 0 Å². The molecule has 1 aliphatic rings. The van der Waals surface area contributed by atoms with Crippen molar-refractivity contribution in [1.82, 2.24) is 0 Å². The van der Waals surface area contributed by atoms with Crippen molar-refractivity contribution < 1.29 is 14.3 Å². The Labute approximate surface area is 199 Å². The second-order valence-corrected chi connectivity index (χ2v) is 8.51. The lowest BCUT2D eigenvalue weighted by Gasteiger charge is -2.08. The van der Waals surface area contributed by atoms with Crippen molar-refractivity contribution in [2.45, 2.75) is 6.61 Å². The van der Waals surface area contributed by atoms with Gasteiger partial charge in [0.25, 0.3) is 0 Å². The van der Waals surface area contributed by atoms with Crippen molar-refractivity contribution in [2.24, 2.45) is 4.99 Å². The van der Waals surface area contributed by atoms with Crippen molar-refractivity contribution in [3.63, 3.8) is 0 Å². The first kappa shape index (κ1) is 20.5. The summed E-state index contributed by atoms with van der Waals surface area (Å²) in [7, 11) is 0. The molecule has 0 radical (unpaired) electrons. The van der Waals surface area contributed by atoms with Crippen molar-refractivity contribution in [3.8, 4) is 5.75 Å². The fourth-order valence-corrected chi connectivity index (χ4v) is 3.99.